The normalized spacial score (nSPS) is 15.5. The third-order valence-corrected chi connectivity index (χ3v) is 17.4. The summed E-state index contributed by atoms with van der Waals surface area (Å²) in [7, 11) is -7.12. The summed E-state index contributed by atoms with van der Waals surface area (Å²) in [6.45, 7) is 15.0. The molecule has 6 aromatic rings. The van der Waals surface area contributed by atoms with E-state index in [4.69, 9.17) is 28.2 Å². The van der Waals surface area contributed by atoms with Gasteiger partial charge in [-0.25, -0.2) is 35.6 Å². The molecule has 4 aromatic carbocycles. The number of nitrogens with zero attached hydrogens (tertiary/aromatic N) is 6. The zero-order valence-corrected chi connectivity index (χ0v) is 39.8. The van der Waals surface area contributed by atoms with Crippen LogP contribution in [0.4, 0.5) is 19.0 Å². The number of halogens is 4. The van der Waals surface area contributed by atoms with Crippen molar-refractivity contribution in [2.24, 2.45) is 0 Å². The first-order valence-electron chi connectivity index (χ1n) is 19.8. The molecule has 0 atom stereocenters. The van der Waals surface area contributed by atoms with Gasteiger partial charge in [-0.05, 0) is 94.1 Å². The monoisotopic (exact) mass is 958 g/mol. The highest BCUT2D eigenvalue weighted by Crippen LogP contribution is 2.34. The zero-order chi connectivity index (χ0) is 44.7. The van der Waals surface area contributed by atoms with Gasteiger partial charge in [0.15, 0.2) is 10.3 Å². The SMILES string of the molecule is Cc1cc(C)c(S(=O)(=O)N2CCN(c3nc(-c4cc(Cl)cc(Cl)c4)cs3)CC2)c(C)c1.Cc1cc(C)c(S(=O)(=O)N2CCN(c3nc(-c4cc(F)cc(F)c4)cs3)CC2)c(C)c1. The van der Waals surface area contributed by atoms with Gasteiger partial charge in [0.25, 0.3) is 0 Å². The molecule has 10 nitrogen and oxygen atoms in total. The van der Waals surface area contributed by atoms with Gasteiger partial charge in [-0.3, -0.25) is 0 Å². The van der Waals surface area contributed by atoms with Crippen molar-refractivity contribution in [3.8, 4) is 22.5 Å². The van der Waals surface area contributed by atoms with E-state index in [1.165, 1.54) is 39.1 Å². The summed E-state index contributed by atoms with van der Waals surface area (Å²) in [6.07, 6.45) is 0. The van der Waals surface area contributed by atoms with Gasteiger partial charge in [0, 0.05) is 90.4 Å². The van der Waals surface area contributed by atoms with E-state index >= 15 is 0 Å². The molecule has 0 saturated carbocycles. The van der Waals surface area contributed by atoms with Crippen LogP contribution >= 0.6 is 45.9 Å². The standard InChI is InChI=1S/C22H23Cl2N3O2S2.C22H23F2N3O2S2/c2*1-14-8-15(2)21(16(3)9-14)31(28,29)27-6-4-26(5-7-27)22-25-20(13-30-22)17-10-18(23)12-19(24)11-17/h2*8-13H,4-7H2,1-3H3. The van der Waals surface area contributed by atoms with E-state index in [2.05, 4.69) is 9.88 Å². The molecule has 8 rings (SSSR count). The van der Waals surface area contributed by atoms with Crippen molar-refractivity contribution in [2.75, 3.05) is 62.2 Å². The van der Waals surface area contributed by atoms with Crippen LogP contribution < -0.4 is 9.80 Å². The lowest BCUT2D eigenvalue weighted by Crippen LogP contribution is -2.48. The maximum atomic E-state index is 13.5. The number of benzene rings is 4. The summed E-state index contributed by atoms with van der Waals surface area (Å²) in [5.74, 6) is -1.30. The molecule has 0 bridgehead atoms. The van der Waals surface area contributed by atoms with Gasteiger partial charge in [-0.1, -0.05) is 58.6 Å². The van der Waals surface area contributed by atoms with Crippen molar-refractivity contribution in [3.63, 3.8) is 0 Å². The number of anilines is 2. The van der Waals surface area contributed by atoms with Crippen molar-refractivity contribution in [1.29, 1.82) is 0 Å². The van der Waals surface area contributed by atoms with E-state index in [9.17, 15) is 25.6 Å². The molecule has 2 aliphatic rings. The van der Waals surface area contributed by atoms with Crippen molar-refractivity contribution in [2.45, 2.75) is 51.3 Å². The molecular formula is C44H46Cl2F2N6O4S4. The minimum absolute atomic E-state index is 0.346. The third-order valence-electron chi connectivity index (χ3n) is 10.7. The van der Waals surface area contributed by atoms with Crippen molar-refractivity contribution >= 4 is 76.2 Å². The van der Waals surface area contributed by atoms with Gasteiger partial charge >= 0.3 is 0 Å². The maximum absolute atomic E-state index is 13.5. The summed E-state index contributed by atoms with van der Waals surface area (Å²) in [5.41, 5.74) is 7.77. The predicted molar refractivity (Wildman–Crippen MR) is 248 cm³/mol. The molecule has 328 valence electrons. The van der Waals surface area contributed by atoms with Gasteiger partial charge in [0.2, 0.25) is 20.0 Å². The average molecular weight is 960 g/mol. The van der Waals surface area contributed by atoms with Crippen LogP contribution in [0.1, 0.15) is 33.4 Å². The number of hydrogen-bond acceptors (Lipinski definition) is 10. The molecule has 0 aliphatic carbocycles. The van der Waals surface area contributed by atoms with E-state index in [0.29, 0.717) is 88.6 Å². The maximum Gasteiger partial charge on any atom is 0.243 e. The molecule has 0 unspecified atom stereocenters. The lowest BCUT2D eigenvalue weighted by Gasteiger charge is -2.34. The predicted octanol–water partition coefficient (Wildman–Crippen LogP) is 10.1. The highest BCUT2D eigenvalue weighted by atomic mass is 35.5. The molecule has 62 heavy (non-hydrogen) atoms. The van der Waals surface area contributed by atoms with Gasteiger partial charge in [0.05, 0.1) is 21.2 Å². The van der Waals surface area contributed by atoms with Crippen LogP contribution in [-0.2, 0) is 20.0 Å². The average Bonchev–Trinajstić information content (AvgIpc) is 3.88. The van der Waals surface area contributed by atoms with Gasteiger partial charge in [0.1, 0.15) is 11.6 Å². The van der Waals surface area contributed by atoms with E-state index < -0.39 is 31.7 Å². The van der Waals surface area contributed by atoms with Crippen molar-refractivity contribution in [3.05, 3.63) is 126 Å². The first-order chi connectivity index (χ1) is 29.3. The lowest BCUT2D eigenvalue weighted by atomic mass is 10.1. The van der Waals surface area contributed by atoms with Crippen LogP contribution in [0.15, 0.2) is 81.2 Å². The topological polar surface area (TPSA) is 107 Å². The highest BCUT2D eigenvalue weighted by Gasteiger charge is 2.33. The minimum atomic E-state index is -3.59. The molecule has 2 aliphatic heterocycles. The van der Waals surface area contributed by atoms with Crippen LogP contribution in [-0.4, -0.2) is 87.8 Å². The molecular weight excluding hydrogens is 914 g/mol. The van der Waals surface area contributed by atoms with Crippen molar-refractivity contribution in [1.82, 2.24) is 18.6 Å². The summed E-state index contributed by atoms with van der Waals surface area (Å²) in [4.78, 5) is 14.2. The van der Waals surface area contributed by atoms with E-state index in [-0.39, 0.29) is 0 Å². The van der Waals surface area contributed by atoms with Crippen molar-refractivity contribution < 1.29 is 25.6 Å². The molecule has 0 spiro atoms. The van der Waals surface area contributed by atoms with Crippen LogP contribution in [0.25, 0.3) is 22.5 Å². The number of aromatic nitrogens is 2. The second-order valence-corrected chi connectivity index (χ2v) is 21.9. The van der Waals surface area contributed by atoms with Gasteiger partial charge in [-0.15, -0.1) is 22.7 Å². The number of hydrogen-bond donors (Lipinski definition) is 0. The molecule has 18 heteroatoms. The van der Waals surface area contributed by atoms with Crippen LogP contribution in [0, 0.1) is 53.2 Å². The Morgan fingerprint density at radius 1 is 0.500 bits per heavy atom. The molecule has 2 aromatic heterocycles. The Balaban J connectivity index is 0.000000186. The third kappa shape index (κ3) is 10.0. The Labute approximate surface area is 380 Å². The number of thiazole rings is 2. The lowest BCUT2D eigenvalue weighted by molar-refractivity contribution is 0.384. The second kappa shape index (κ2) is 18.6. The Morgan fingerprint density at radius 2 is 0.839 bits per heavy atom. The zero-order valence-electron chi connectivity index (χ0n) is 35.0. The summed E-state index contributed by atoms with van der Waals surface area (Å²) < 4.78 is 83.3. The number of sulfonamides is 2. The number of piperazine rings is 2. The largest absolute Gasteiger partial charge is 0.345 e. The highest BCUT2D eigenvalue weighted by molar-refractivity contribution is 7.89. The first-order valence-corrected chi connectivity index (χ1v) is 25.2. The van der Waals surface area contributed by atoms with E-state index in [0.717, 1.165) is 55.8 Å². The molecule has 2 fully saturated rings. The Kier molecular flexibility index (Phi) is 13.8. The minimum Gasteiger partial charge on any atom is -0.345 e. The Morgan fingerprint density at radius 3 is 1.19 bits per heavy atom. The molecule has 0 radical (unpaired) electrons. The number of aryl methyl sites for hydroxylation is 6. The van der Waals surface area contributed by atoms with Gasteiger partial charge in [-0.2, -0.15) is 8.61 Å². The fourth-order valence-electron chi connectivity index (χ4n) is 8.13. The Hall–Kier alpha value is -4.00. The van der Waals surface area contributed by atoms with E-state index in [1.54, 1.807) is 15.8 Å². The molecule has 0 N–H and O–H groups in total. The molecule has 4 heterocycles. The van der Waals surface area contributed by atoms with Crippen LogP contribution in [0.2, 0.25) is 10.0 Å². The molecule has 2 saturated heterocycles. The van der Waals surface area contributed by atoms with Crippen LogP contribution in [0.3, 0.4) is 0 Å². The van der Waals surface area contributed by atoms with Gasteiger partial charge < -0.3 is 9.80 Å². The smallest absolute Gasteiger partial charge is 0.243 e. The summed E-state index contributed by atoms with van der Waals surface area (Å²) in [6, 6.07) is 16.3. The number of rotatable bonds is 8. The quantitative estimate of drug-likeness (QED) is 0.149. The first kappa shape index (κ1) is 46.0. The summed E-state index contributed by atoms with van der Waals surface area (Å²) in [5, 5.41) is 6.44. The fourth-order valence-corrected chi connectivity index (χ4v) is 14.1. The van der Waals surface area contributed by atoms with Crippen LogP contribution in [0.5, 0.6) is 0 Å². The fraction of sp³-hybridized carbons (Fsp3) is 0.318. The summed E-state index contributed by atoms with van der Waals surface area (Å²) >= 11 is 15.1. The second-order valence-electron chi connectivity index (χ2n) is 15.6. The Bertz CT molecular complexity index is 2580. The van der Waals surface area contributed by atoms with E-state index in [1.807, 2.05) is 88.2 Å². The molecule has 0 amide bonds.